The van der Waals surface area contributed by atoms with E-state index in [1.165, 1.54) is 0 Å². The Balaban J connectivity index is 1.81. The summed E-state index contributed by atoms with van der Waals surface area (Å²) in [6.07, 6.45) is 2.74. The van der Waals surface area contributed by atoms with Crippen molar-refractivity contribution in [2.24, 2.45) is 0 Å². The van der Waals surface area contributed by atoms with E-state index in [1.807, 2.05) is 42.5 Å². The Morgan fingerprint density at radius 1 is 1.20 bits per heavy atom. The molecule has 0 spiro atoms. The number of nitrogens with zero attached hydrogens (tertiary/aromatic N) is 2. The topological polar surface area (TPSA) is 46.2 Å². The van der Waals surface area contributed by atoms with Crippen LogP contribution in [-0.2, 0) is 6.54 Å². The molecular weight excluding hydrogens is 398 g/mol. The molecule has 0 saturated heterocycles. The maximum atomic E-state index is 5.84. The molecule has 2 aromatic carbocycles. The Bertz CT molecular complexity index is 873. The quantitative estimate of drug-likeness (QED) is 0.351. The van der Waals surface area contributed by atoms with Crippen LogP contribution in [0.25, 0.3) is 0 Å². The van der Waals surface area contributed by atoms with Crippen LogP contribution in [-0.4, -0.2) is 50.6 Å². The largest absolute Gasteiger partial charge is 0.489 e. The van der Waals surface area contributed by atoms with Gasteiger partial charge in [-0.25, -0.2) is 0 Å². The molecule has 3 rings (SSSR count). The van der Waals surface area contributed by atoms with E-state index in [0.29, 0.717) is 18.3 Å². The van der Waals surface area contributed by atoms with E-state index < -0.39 is 0 Å². The van der Waals surface area contributed by atoms with Crippen LogP contribution in [0.2, 0.25) is 0 Å². The predicted octanol–water partition coefficient (Wildman–Crippen LogP) is 3.81. The van der Waals surface area contributed by atoms with Crippen LogP contribution in [0.1, 0.15) is 12.0 Å². The number of rotatable bonds is 10. The second-order valence-electron chi connectivity index (χ2n) is 7.22. The number of hydrogen-bond acceptors (Lipinski definition) is 5. The molecule has 0 aromatic heterocycles. The van der Waals surface area contributed by atoms with Gasteiger partial charge in [-0.1, -0.05) is 30.9 Å². The van der Waals surface area contributed by atoms with E-state index in [-0.39, 0.29) is 6.79 Å². The molecule has 1 N–H and O–H groups in total. The fraction of sp³-hybridized carbons (Fsp3) is 0.348. The van der Waals surface area contributed by atoms with Gasteiger partial charge in [-0.3, -0.25) is 0 Å². The molecule has 0 radical (unpaired) electrons. The zero-order valence-electron chi connectivity index (χ0n) is 17.6. The van der Waals surface area contributed by atoms with Crippen LogP contribution < -0.4 is 24.4 Å². The lowest BCUT2D eigenvalue weighted by atomic mass is 10.1. The number of fused-ring (bicyclic) bond motifs is 1. The molecule has 2 aromatic rings. The van der Waals surface area contributed by atoms with Crippen molar-refractivity contribution < 1.29 is 14.2 Å². The Hall–Kier alpha value is -2.77. The van der Waals surface area contributed by atoms with Crippen LogP contribution in [0.15, 0.2) is 55.1 Å². The average molecular weight is 428 g/mol. The van der Waals surface area contributed by atoms with Gasteiger partial charge in [0.25, 0.3) is 0 Å². The standard InChI is InChI=1S/C23H29N3O3S/c1-4-14-27-20-9-6-5-8-18(20)16-26(23(30)24-12-7-13-25(2)3)19-10-11-21-22(15-19)29-17-28-21/h4-6,8-11,15H,1,7,12-14,16-17H2,2-3H3,(H,24,30). The van der Waals surface area contributed by atoms with Crippen molar-refractivity contribution in [3.8, 4) is 17.2 Å². The third-order valence-electron chi connectivity index (χ3n) is 4.63. The Labute approximate surface area is 184 Å². The molecule has 7 heteroatoms. The molecule has 0 amide bonds. The Morgan fingerprint density at radius 3 is 2.80 bits per heavy atom. The average Bonchev–Trinajstić information content (AvgIpc) is 3.21. The molecule has 6 nitrogen and oxygen atoms in total. The van der Waals surface area contributed by atoms with E-state index in [9.17, 15) is 0 Å². The van der Waals surface area contributed by atoms with Gasteiger partial charge in [0, 0.05) is 23.9 Å². The summed E-state index contributed by atoms with van der Waals surface area (Å²) in [4.78, 5) is 4.22. The number of nitrogens with one attached hydrogen (secondary N) is 1. The van der Waals surface area contributed by atoms with Gasteiger partial charge < -0.3 is 29.3 Å². The van der Waals surface area contributed by atoms with Crippen LogP contribution in [0.4, 0.5) is 5.69 Å². The van der Waals surface area contributed by atoms with Crippen LogP contribution >= 0.6 is 12.2 Å². The highest BCUT2D eigenvalue weighted by Crippen LogP contribution is 2.36. The van der Waals surface area contributed by atoms with Crippen molar-refractivity contribution in [2.75, 3.05) is 45.5 Å². The second kappa shape index (κ2) is 10.8. The van der Waals surface area contributed by atoms with Gasteiger partial charge in [0.15, 0.2) is 16.6 Å². The van der Waals surface area contributed by atoms with Crippen molar-refractivity contribution in [3.05, 3.63) is 60.7 Å². The lowest BCUT2D eigenvalue weighted by molar-refractivity contribution is 0.174. The zero-order valence-corrected chi connectivity index (χ0v) is 18.4. The van der Waals surface area contributed by atoms with Crippen molar-refractivity contribution in [2.45, 2.75) is 13.0 Å². The fourth-order valence-corrected chi connectivity index (χ4v) is 3.39. The van der Waals surface area contributed by atoms with Gasteiger partial charge in [-0.05, 0) is 57.5 Å². The van der Waals surface area contributed by atoms with Crippen LogP contribution in [0, 0.1) is 0 Å². The molecule has 0 unspecified atom stereocenters. The minimum Gasteiger partial charge on any atom is -0.489 e. The maximum Gasteiger partial charge on any atom is 0.231 e. The summed E-state index contributed by atoms with van der Waals surface area (Å²) in [5.74, 6) is 2.29. The molecule has 0 fully saturated rings. The molecule has 30 heavy (non-hydrogen) atoms. The van der Waals surface area contributed by atoms with Gasteiger partial charge >= 0.3 is 0 Å². The first kappa shape index (κ1) is 21.9. The number of anilines is 1. The van der Waals surface area contributed by atoms with E-state index in [2.05, 4.69) is 35.8 Å². The number of ether oxygens (including phenoxy) is 3. The number of benzene rings is 2. The van der Waals surface area contributed by atoms with Crippen molar-refractivity contribution in [1.29, 1.82) is 0 Å². The summed E-state index contributed by atoms with van der Waals surface area (Å²) in [5.41, 5.74) is 1.97. The first-order valence-electron chi connectivity index (χ1n) is 10.00. The lowest BCUT2D eigenvalue weighted by Crippen LogP contribution is -2.40. The zero-order chi connectivity index (χ0) is 21.3. The molecule has 0 atom stereocenters. The molecule has 0 aliphatic carbocycles. The highest BCUT2D eigenvalue weighted by Gasteiger charge is 2.20. The first-order chi connectivity index (χ1) is 14.6. The highest BCUT2D eigenvalue weighted by molar-refractivity contribution is 7.80. The third kappa shape index (κ3) is 5.87. The molecular formula is C23H29N3O3S. The van der Waals surface area contributed by atoms with E-state index in [1.54, 1.807) is 6.08 Å². The van der Waals surface area contributed by atoms with E-state index in [4.69, 9.17) is 26.4 Å². The van der Waals surface area contributed by atoms with Crippen LogP contribution in [0.3, 0.4) is 0 Å². The third-order valence-corrected chi connectivity index (χ3v) is 4.99. The summed E-state index contributed by atoms with van der Waals surface area (Å²) in [6.45, 7) is 6.79. The first-order valence-corrected chi connectivity index (χ1v) is 10.4. The number of para-hydroxylation sites is 1. The summed E-state index contributed by atoms with van der Waals surface area (Å²) in [6, 6.07) is 13.8. The molecule has 1 aliphatic rings. The normalized spacial score (nSPS) is 12.0. The predicted molar refractivity (Wildman–Crippen MR) is 125 cm³/mol. The minimum absolute atomic E-state index is 0.240. The molecule has 0 bridgehead atoms. The van der Waals surface area contributed by atoms with Crippen molar-refractivity contribution in [3.63, 3.8) is 0 Å². The van der Waals surface area contributed by atoms with Crippen LogP contribution in [0.5, 0.6) is 17.2 Å². The van der Waals surface area contributed by atoms with E-state index in [0.717, 1.165) is 48.0 Å². The van der Waals surface area contributed by atoms with Gasteiger partial charge in [-0.15, -0.1) is 0 Å². The molecule has 1 aliphatic heterocycles. The monoisotopic (exact) mass is 427 g/mol. The van der Waals surface area contributed by atoms with E-state index >= 15 is 0 Å². The van der Waals surface area contributed by atoms with Gasteiger partial charge in [0.05, 0.1) is 6.54 Å². The molecule has 160 valence electrons. The van der Waals surface area contributed by atoms with Gasteiger partial charge in [0.2, 0.25) is 6.79 Å². The SMILES string of the molecule is C=CCOc1ccccc1CN(C(=S)NCCCN(C)C)c1ccc2c(c1)OCO2. The minimum atomic E-state index is 0.240. The smallest absolute Gasteiger partial charge is 0.231 e. The maximum absolute atomic E-state index is 5.84. The Kier molecular flexibility index (Phi) is 7.93. The fourth-order valence-electron chi connectivity index (χ4n) is 3.11. The molecule has 1 heterocycles. The second-order valence-corrected chi connectivity index (χ2v) is 7.61. The molecule has 0 saturated carbocycles. The summed E-state index contributed by atoms with van der Waals surface area (Å²) in [5, 5.41) is 4.05. The van der Waals surface area contributed by atoms with Gasteiger partial charge in [-0.2, -0.15) is 0 Å². The number of thiocarbonyl (C=S) groups is 1. The summed E-state index contributed by atoms with van der Waals surface area (Å²) >= 11 is 5.77. The van der Waals surface area contributed by atoms with Crippen molar-refractivity contribution in [1.82, 2.24) is 10.2 Å². The Morgan fingerprint density at radius 2 is 2.00 bits per heavy atom. The summed E-state index contributed by atoms with van der Waals surface area (Å²) in [7, 11) is 4.13. The lowest BCUT2D eigenvalue weighted by Gasteiger charge is -2.27. The van der Waals surface area contributed by atoms with Gasteiger partial charge in [0.1, 0.15) is 12.4 Å². The highest BCUT2D eigenvalue weighted by atomic mass is 32.1. The number of hydrogen-bond donors (Lipinski definition) is 1. The summed E-state index contributed by atoms with van der Waals surface area (Å²) < 4.78 is 16.9. The van der Waals surface area contributed by atoms with Crippen molar-refractivity contribution >= 4 is 23.0 Å².